The molecule has 0 radical (unpaired) electrons. The lowest BCUT2D eigenvalue weighted by molar-refractivity contribution is -0.384. The smallest absolute Gasteiger partial charge is 0.311 e. The van der Waals surface area contributed by atoms with Crippen molar-refractivity contribution in [1.82, 2.24) is 4.98 Å². The second-order valence-corrected chi connectivity index (χ2v) is 5.50. The van der Waals surface area contributed by atoms with Crippen molar-refractivity contribution in [2.45, 2.75) is 0 Å². The number of halogens is 2. The number of aromatic nitrogens is 1. The van der Waals surface area contributed by atoms with Crippen molar-refractivity contribution in [3.05, 3.63) is 49.4 Å². The third-order valence-electron chi connectivity index (χ3n) is 2.53. The Bertz CT molecular complexity index is 644. The molecule has 0 atom stereocenters. The van der Waals surface area contributed by atoms with Crippen LogP contribution in [0.3, 0.4) is 0 Å². The summed E-state index contributed by atoms with van der Waals surface area (Å²) in [4.78, 5) is 14.8. The topological polar surface area (TPSA) is 80.1 Å². The standard InChI is InChI=1S/C12H10Br2N4O2/c1-15-10-6-5-9(18(19)20)12(16-10)17-11-7(13)3-2-4-8(11)14/h2-6H,1H3,(H2,15,16,17). The maximum Gasteiger partial charge on any atom is 0.311 e. The van der Waals surface area contributed by atoms with E-state index in [1.807, 2.05) is 18.2 Å². The van der Waals surface area contributed by atoms with Crippen LogP contribution in [0.2, 0.25) is 0 Å². The number of nitro groups is 1. The molecule has 0 unspecified atom stereocenters. The molecule has 1 aromatic carbocycles. The highest BCUT2D eigenvalue weighted by molar-refractivity contribution is 9.11. The van der Waals surface area contributed by atoms with Gasteiger partial charge in [0.25, 0.3) is 0 Å². The highest BCUT2D eigenvalue weighted by Gasteiger charge is 2.17. The van der Waals surface area contributed by atoms with Crippen LogP contribution in [0, 0.1) is 10.1 Å². The first-order valence-electron chi connectivity index (χ1n) is 5.57. The van der Waals surface area contributed by atoms with Gasteiger partial charge in [0.2, 0.25) is 5.82 Å². The fourth-order valence-electron chi connectivity index (χ4n) is 1.57. The number of anilines is 3. The Hall–Kier alpha value is -1.67. The molecule has 20 heavy (non-hydrogen) atoms. The molecular weight excluding hydrogens is 392 g/mol. The van der Waals surface area contributed by atoms with Crippen molar-refractivity contribution in [1.29, 1.82) is 0 Å². The lowest BCUT2D eigenvalue weighted by Crippen LogP contribution is -2.03. The third kappa shape index (κ3) is 3.07. The van der Waals surface area contributed by atoms with Crippen LogP contribution >= 0.6 is 31.9 Å². The fraction of sp³-hybridized carbons (Fsp3) is 0.0833. The van der Waals surface area contributed by atoms with E-state index in [2.05, 4.69) is 47.5 Å². The highest BCUT2D eigenvalue weighted by atomic mass is 79.9. The molecule has 2 N–H and O–H groups in total. The van der Waals surface area contributed by atoms with Gasteiger partial charge in [0, 0.05) is 22.1 Å². The van der Waals surface area contributed by atoms with Gasteiger partial charge in [-0.1, -0.05) is 6.07 Å². The monoisotopic (exact) mass is 400 g/mol. The van der Waals surface area contributed by atoms with Gasteiger partial charge in [-0.3, -0.25) is 10.1 Å². The SMILES string of the molecule is CNc1ccc([N+](=O)[O-])c(Nc2c(Br)cccc2Br)n1. The lowest BCUT2D eigenvalue weighted by atomic mass is 10.3. The minimum absolute atomic E-state index is 0.0911. The Morgan fingerprint density at radius 1 is 1.20 bits per heavy atom. The summed E-state index contributed by atoms with van der Waals surface area (Å²) < 4.78 is 1.55. The Labute approximate surface area is 132 Å². The Balaban J connectivity index is 2.49. The van der Waals surface area contributed by atoms with Gasteiger partial charge in [0.05, 0.1) is 10.6 Å². The number of hydrogen-bond acceptors (Lipinski definition) is 5. The van der Waals surface area contributed by atoms with E-state index in [0.29, 0.717) is 11.5 Å². The van der Waals surface area contributed by atoms with Crippen molar-refractivity contribution in [2.75, 3.05) is 17.7 Å². The summed E-state index contributed by atoms with van der Waals surface area (Å²) in [6.07, 6.45) is 0. The van der Waals surface area contributed by atoms with Gasteiger partial charge >= 0.3 is 5.69 Å². The first kappa shape index (κ1) is 14.7. The maximum atomic E-state index is 11.1. The molecule has 0 bridgehead atoms. The van der Waals surface area contributed by atoms with Crippen LogP contribution in [0.15, 0.2) is 39.3 Å². The molecule has 0 aliphatic rings. The minimum Gasteiger partial charge on any atom is -0.373 e. The Morgan fingerprint density at radius 2 is 1.85 bits per heavy atom. The number of nitrogens with one attached hydrogen (secondary N) is 2. The van der Waals surface area contributed by atoms with Crippen LogP contribution in [0.5, 0.6) is 0 Å². The molecule has 0 spiro atoms. The van der Waals surface area contributed by atoms with Gasteiger partial charge in [0.1, 0.15) is 5.82 Å². The fourth-order valence-corrected chi connectivity index (χ4v) is 2.76. The third-order valence-corrected chi connectivity index (χ3v) is 3.85. The van der Waals surface area contributed by atoms with Crippen molar-refractivity contribution in [3.63, 3.8) is 0 Å². The van der Waals surface area contributed by atoms with Crippen LogP contribution in [0.4, 0.5) is 23.0 Å². The van der Waals surface area contributed by atoms with Crippen LogP contribution in [-0.2, 0) is 0 Å². The summed E-state index contributed by atoms with van der Waals surface area (Å²) in [5.41, 5.74) is 0.586. The predicted octanol–water partition coefficient (Wildman–Crippen LogP) is 4.30. The molecule has 0 saturated heterocycles. The van der Waals surface area contributed by atoms with Crippen molar-refractivity contribution in [2.24, 2.45) is 0 Å². The van der Waals surface area contributed by atoms with Gasteiger partial charge in [-0.2, -0.15) is 0 Å². The summed E-state index contributed by atoms with van der Waals surface area (Å²) in [7, 11) is 1.70. The molecule has 2 aromatic rings. The van der Waals surface area contributed by atoms with Gasteiger partial charge in [0.15, 0.2) is 0 Å². The molecule has 6 nitrogen and oxygen atoms in total. The largest absolute Gasteiger partial charge is 0.373 e. The highest BCUT2D eigenvalue weighted by Crippen LogP contribution is 2.35. The number of para-hydroxylation sites is 1. The molecule has 104 valence electrons. The van der Waals surface area contributed by atoms with Crippen LogP contribution in [0.1, 0.15) is 0 Å². The molecule has 0 saturated carbocycles. The van der Waals surface area contributed by atoms with Crippen molar-refractivity contribution < 1.29 is 4.92 Å². The van der Waals surface area contributed by atoms with Gasteiger partial charge < -0.3 is 10.6 Å². The van der Waals surface area contributed by atoms with Crippen LogP contribution in [0.25, 0.3) is 0 Å². The molecule has 1 heterocycles. The first-order valence-corrected chi connectivity index (χ1v) is 7.15. The molecule has 0 fully saturated rings. The van der Waals surface area contributed by atoms with E-state index in [-0.39, 0.29) is 11.5 Å². The Morgan fingerprint density at radius 3 is 2.40 bits per heavy atom. The predicted molar refractivity (Wildman–Crippen MR) is 85.6 cm³/mol. The van der Waals surface area contributed by atoms with Gasteiger partial charge in [-0.25, -0.2) is 4.98 Å². The summed E-state index contributed by atoms with van der Waals surface area (Å²) in [6, 6.07) is 8.48. The summed E-state index contributed by atoms with van der Waals surface area (Å²) in [5.74, 6) is 0.718. The van der Waals surface area contributed by atoms with E-state index in [0.717, 1.165) is 8.95 Å². The maximum absolute atomic E-state index is 11.1. The second-order valence-electron chi connectivity index (χ2n) is 3.79. The van der Waals surface area contributed by atoms with E-state index >= 15 is 0 Å². The van der Waals surface area contributed by atoms with Crippen LogP contribution in [-0.4, -0.2) is 17.0 Å². The normalized spacial score (nSPS) is 10.2. The van der Waals surface area contributed by atoms with Crippen molar-refractivity contribution >= 4 is 54.9 Å². The zero-order valence-electron chi connectivity index (χ0n) is 10.4. The summed E-state index contributed by atoms with van der Waals surface area (Å²) in [5, 5.41) is 16.9. The molecule has 0 amide bonds. The Kier molecular flexibility index (Phi) is 4.56. The zero-order valence-corrected chi connectivity index (χ0v) is 13.5. The molecule has 0 aliphatic heterocycles. The number of benzene rings is 1. The van der Waals surface area contributed by atoms with E-state index in [1.54, 1.807) is 13.1 Å². The molecule has 1 aromatic heterocycles. The quantitative estimate of drug-likeness (QED) is 0.589. The number of pyridine rings is 1. The van der Waals surface area contributed by atoms with Gasteiger partial charge in [-0.05, 0) is 50.1 Å². The van der Waals surface area contributed by atoms with Crippen LogP contribution < -0.4 is 10.6 Å². The number of hydrogen-bond donors (Lipinski definition) is 2. The van der Waals surface area contributed by atoms with E-state index in [4.69, 9.17) is 0 Å². The summed E-state index contributed by atoms with van der Waals surface area (Å²) >= 11 is 6.79. The summed E-state index contributed by atoms with van der Waals surface area (Å²) in [6.45, 7) is 0. The second kappa shape index (κ2) is 6.19. The average Bonchev–Trinajstić information content (AvgIpc) is 2.42. The number of nitrogens with zero attached hydrogens (tertiary/aromatic N) is 2. The van der Waals surface area contributed by atoms with Crippen molar-refractivity contribution in [3.8, 4) is 0 Å². The molecule has 2 rings (SSSR count). The van der Waals surface area contributed by atoms with E-state index < -0.39 is 4.92 Å². The van der Waals surface area contributed by atoms with E-state index in [9.17, 15) is 10.1 Å². The number of rotatable bonds is 4. The van der Waals surface area contributed by atoms with E-state index in [1.165, 1.54) is 6.07 Å². The average molecular weight is 402 g/mol. The molecule has 8 heteroatoms. The molecule has 0 aliphatic carbocycles. The molecular formula is C12H10Br2N4O2. The zero-order chi connectivity index (χ0) is 14.7. The minimum atomic E-state index is -0.473. The first-order chi connectivity index (χ1) is 9.52. The lowest BCUT2D eigenvalue weighted by Gasteiger charge is -2.11. The van der Waals surface area contributed by atoms with Gasteiger partial charge in [-0.15, -0.1) is 0 Å².